The summed E-state index contributed by atoms with van der Waals surface area (Å²) >= 11 is 1.59. The second-order valence-corrected chi connectivity index (χ2v) is 10.1. The number of likely N-dealkylation sites (N-methyl/N-ethyl adjacent to an activating group) is 1. The quantitative estimate of drug-likeness (QED) is 0.272. The third-order valence-electron chi connectivity index (χ3n) is 6.47. The van der Waals surface area contributed by atoms with Crippen LogP contribution in [0.5, 0.6) is 11.5 Å². The molecule has 1 amide bonds. The van der Waals surface area contributed by atoms with Crippen molar-refractivity contribution in [3.63, 3.8) is 0 Å². The summed E-state index contributed by atoms with van der Waals surface area (Å²) in [5.74, 6) is 0.703. The number of benzene rings is 3. The maximum absolute atomic E-state index is 13.5. The lowest BCUT2D eigenvalue weighted by Gasteiger charge is -2.30. The second kappa shape index (κ2) is 10.5. The topological polar surface area (TPSA) is 54.9 Å². The van der Waals surface area contributed by atoms with Crippen LogP contribution in [0.1, 0.15) is 27.0 Å². The lowest BCUT2D eigenvalue weighted by molar-refractivity contribution is -0.137. The van der Waals surface area contributed by atoms with Crippen LogP contribution in [0.3, 0.4) is 0 Å². The van der Waals surface area contributed by atoms with E-state index in [-0.39, 0.29) is 12.5 Å². The summed E-state index contributed by atoms with van der Waals surface area (Å²) in [5.41, 5.74) is 1.85. The molecule has 0 bridgehead atoms. The zero-order chi connectivity index (χ0) is 26.9. The summed E-state index contributed by atoms with van der Waals surface area (Å²) in [6.45, 7) is 1.30. The van der Waals surface area contributed by atoms with E-state index in [1.54, 1.807) is 35.5 Å². The number of hydrogen-bond acceptors (Lipinski definition) is 6. The van der Waals surface area contributed by atoms with E-state index in [0.29, 0.717) is 48.7 Å². The number of para-hydroxylation sites is 1. The molecule has 10 heteroatoms. The van der Waals surface area contributed by atoms with Gasteiger partial charge < -0.3 is 19.3 Å². The molecule has 0 radical (unpaired) electrons. The first-order valence-electron chi connectivity index (χ1n) is 12.1. The molecule has 4 aromatic rings. The maximum atomic E-state index is 13.5. The molecule has 3 aromatic carbocycles. The van der Waals surface area contributed by atoms with E-state index < -0.39 is 11.7 Å². The van der Waals surface area contributed by atoms with E-state index in [1.165, 1.54) is 6.07 Å². The van der Waals surface area contributed by atoms with Crippen molar-refractivity contribution in [1.29, 1.82) is 0 Å². The number of rotatable bonds is 8. The van der Waals surface area contributed by atoms with Gasteiger partial charge in [-0.2, -0.15) is 13.2 Å². The minimum Gasteiger partial charge on any atom is -0.497 e. The zero-order valence-corrected chi connectivity index (χ0v) is 21.7. The number of carbonyl (C=O) groups excluding carboxylic acids is 1. The number of fused-ring (bicyclic) bond motifs is 2. The molecule has 0 spiro atoms. The van der Waals surface area contributed by atoms with E-state index in [4.69, 9.17) is 9.47 Å². The molecule has 2 heterocycles. The van der Waals surface area contributed by atoms with Gasteiger partial charge in [-0.25, -0.2) is 4.98 Å². The highest BCUT2D eigenvalue weighted by molar-refractivity contribution is 7.22. The van der Waals surface area contributed by atoms with Gasteiger partial charge in [-0.3, -0.25) is 4.79 Å². The molecular weight excluding hydrogens is 515 g/mol. The van der Waals surface area contributed by atoms with Crippen molar-refractivity contribution in [2.24, 2.45) is 0 Å². The largest absolute Gasteiger partial charge is 0.497 e. The number of thiazole rings is 1. The molecule has 6 nitrogen and oxygen atoms in total. The lowest BCUT2D eigenvalue weighted by atomic mass is 9.96. The Kier molecular flexibility index (Phi) is 7.16. The highest BCUT2D eigenvalue weighted by atomic mass is 32.1. The van der Waals surface area contributed by atoms with Gasteiger partial charge in [0.25, 0.3) is 5.91 Å². The zero-order valence-electron chi connectivity index (χ0n) is 20.9. The number of ether oxygens (including phenoxy) is 2. The van der Waals surface area contributed by atoms with Gasteiger partial charge in [0.05, 0.1) is 35.0 Å². The van der Waals surface area contributed by atoms with Crippen molar-refractivity contribution in [2.45, 2.75) is 19.1 Å². The Morgan fingerprint density at radius 3 is 2.68 bits per heavy atom. The average Bonchev–Trinajstić information content (AvgIpc) is 3.34. The third-order valence-corrected chi connectivity index (χ3v) is 7.62. The fourth-order valence-electron chi connectivity index (χ4n) is 4.46. The number of halogens is 3. The molecule has 1 aromatic heterocycles. The molecule has 1 aliphatic heterocycles. The normalized spacial score (nSPS) is 13.5. The second-order valence-electron chi connectivity index (χ2n) is 9.07. The number of methoxy groups -OCH3 is 1. The van der Waals surface area contributed by atoms with Gasteiger partial charge in [-0.05, 0) is 47.9 Å². The first-order chi connectivity index (χ1) is 18.2. The number of amides is 1. The molecule has 0 aliphatic carbocycles. The molecule has 1 aliphatic rings. The minimum absolute atomic E-state index is 0.0774. The van der Waals surface area contributed by atoms with Gasteiger partial charge in [0.1, 0.15) is 18.1 Å². The van der Waals surface area contributed by atoms with E-state index in [1.807, 2.05) is 42.3 Å². The van der Waals surface area contributed by atoms with Gasteiger partial charge in [-0.15, -0.1) is 0 Å². The highest BCUT2D eigenvalue weighted by Gasteiger charge is 2.32. The van der Waals surface area contributed by atoms with Crippen LogP contribution in [-0.2, 0) is 19.1 Å². The van der Waals surface area contributed by atoms with Crippen LogP contribution in [0.2, 0.25) is 0 Å². The van der Waals surface area contributed by atoms with Crippen LogP contribution in [0, 0.1) is 0 Å². The predicted molar refractivity (Wildman–Crippen MR) is 141 cm³/mol. The number of alkyl halides is 3. The van der Waals surface area contributed by atoms with Crippen LogP contribution < -0.4 is 14.4 Å². The third kappa shape index (κ3) is 5.40. The molecule has 0 saturated heterocycles. The van der Waals surface area contributed by atoms with E-state index in [9.17, 15) is 18.0 Å². The molecule has 198 valence electrons. The SMILES string of the molecule is COc1cc2c(c(OCCN(C)c3nc4ccccc4s3)c1)C(=O)N(Cc1cccc(C(F)(F)F)c1)CC2. The smallest absolute Gasteiger partial charge is 0.416 e. The Labute approximate surface area is 222 Å². The molecule has 0 saturated carbocycles. The Balaban J connectivity index is 1.32. The molecular formula is C28H26F3N3O3S. The van der Waals surface area contributed by atoms with Gasteiger partial charge in [0.15, 0.2) is 5.13 Å². The van der Waals surface area contributed by atoms with Crippen molar-refractivity contribution < 1.29 is 27.4 Å². The summed E-state index contributed by atoms with van der Waals surface area (Å²) in [6.07, 6.45) is -3.90. The first kappa shape index (κ1) is 25.8. The van der Waals surface area contributed by atoms with Gasteiger partial charge in [0.2, 0.25) is 0 Å². The highest BCUT2D eigenvalue weighted by Crippen LogP contribution is 2.35. The number of nitrogens with zero attached hydrogens (tertiary/aromatic N) is 3. The summed E-state index contributed by atoms with van der Waals surface area (Å²) in [4.78, 5) is 21.7. The fourth-order valence-corrected chi connectivity index (χ4v) is 5.41. The number of aromatic nitrogens is 1. The summed E-state index contributed by atoms with van der Waals surface area (Å²) in [5, 5.41) is 0.866. The summed E-state index contributed by atoms with van der Waals surface area (Å²) in [6, 6.07) is 16.5. The summed E-state index contributed by atoms with van der Waals surface area (Å²) in [7, 11) is 3.49. The summed E-state index contributed by atoms with van der Waals surface area (Å²) < 4.78 is 52.1. The van der Waals surface area contributed by atoms with Crippen molar-refractivity contribution in [2.75, 3.05) is 38.8 Å². The number of carbonyl (C=O) groups is 1. The minimum atomic E-state index is -4.44. The van der Waals surface area contributed by atoms with Gasteiger partial charge in [-0.1, -0.05) is 35.6 Å². The predicted octanol–water partition coefficient (Wildman–Crippen LogP) is 6.04. The standard InChI is InChI=1S/C28H26F3N3O3S/c1-33(27-32-22-8-3-4-9-24(22)38-27)12-13-37-23-16-21(36-2)15-19-10-11-34(26(35)25(19)23)17-18-6-5-7-20(14-18)28(29,30)31/h3-9,14-16H,10-13,17H2,1-2H3. The van der Waals surface area contributed by atoms with Crippen LogP contribution in [0.15, 0.2) is 60.7 Å². The van der Waals surface area contributed by atoms with Crippen molar-refractivity contribution in [1.82, 2.24) is 9.88 Å². The molecule has 0 fully saturated rings. The average molecular weight is 542 g/mol. The Morgan fingerprint density at radius 2 is 1.92 bits per heavy atom. The van der Waals surface area contributed by atoms with Crippen molar-refractivity contribution >= 4 is 32.6 Å². The van der Waals surface area contributed by atoms with Gasteiger partial charge >= 0.3 is 6.18 Å². The fraction of sp³-hybridized carbons (Fsp3) is 0.286. The van der Waals surface area contributed by atoms with Crippen LogP contribution in [0.25, 0.3) is 10.2 Å². The molecule has 0 unspecified atom stereocenters. The molecule has 0 atom stereocenters. The molecule has 0 N–H and O–H groups in total. The van der Waals surface area contributed by atoms with Crippen LogP contribution >= 0.6 is 11.3 Å². The molecule has 5 rings (SSSR count). The Morgan fingerprint density at radius 1 is 1.11 bits per heavy atom. The van der Waals surface area contributed by atoms with Crippen molar-refractivity contribution in [3.8, 4) is 11.5 Å². The lowest BCUT2D eigenvalue weighted by Crippen LogP contribution is -2.37. The van der Waals surface area contributed by atoms with Gasteiger partial charge in [0, 0.05) is 26.2 Å². The maximum Gasteiger partial charge on any atom is 0.416 e. The van der Waals surface area contributed by atoms with E-state index >= 15 is 0 Å². The van der Waals surface area contributed by atoms with Crippen LogP contribution in [0.4, 0.5) is 18.3 Å². The Bertz CT molecular complexity index is 1440. The Hall–Kier alpha value is -3.79. The number of hydrogen-bond donors (Lipinski definition) is 0. The van der Waals surface area contributed by atoms with E-state index in [2.05, 4.69) is 4.98 Å². The monoisotopic (exact) mass is 541 g/mol. The first-order valence-corrected chi connectivity index (χ1v) is 12.9. The van der Waals surface area contributed by atoms with E-state index in [0.717, 1.165) is 33.0 Å². The molecule has 38 heavy (non-hydrogen) atoms. The van der Waals surface area contributed by atoms with Crippen LogP contribution in [-0.4, -0.2) is 49.6 Å². The number of anilines is 1. The van der Waals surface area contributed by atoms with Crippen molar-refractivity contribution in [3.05, 3.63) is 82.9 Å².